The summed E-state index contributed by atoms with van der Waals surface area (Å²) < 4.78 is 0. The molecule has 1 unspecified atom stereocenters. The molecular weight excluding hydrogens is 161 g/mol. The lowest BCUT2D eigenvalue weighted by atomic mass is 10.2. The van der Waals surface area contributed by atoms with E-state index in [0.717, 1.165) is 19.4 Å². The third kappa shape index (κ3) is 2.52. The topological polar surface area (TPSA) is 29.1 Å². The Morgan fingerprint density at radius 1 is 1.67 bits per heavy atom. The molecule has 0 saturated carbocycles. The van der Waals surface area contributed by atoms with Crippen molar-refractivity contribution in [2.24, 2.45) is 0 Å². The molecule has 0 amide bonds. The SMILES string of the molecule is Cl.O=C(Cl)C1CCCN1. The van der Waals surface area contributed by atoms with Gasteiger partial charge in [-0.25, -0.2) is 0 Å². The number of halogens is 2. The molecule has 1 N–H and O–H groups in total. The van der Waals surface area contributed by atoms with Crippen molar-refractivity contribution >= 4 is 29.3 Å². The summed E-state index contributed by atoms with van der Waals surface area (Å²) in [6.07, 6.45) is 1.98. The molecule has 2 nitrogen and oxygen atoms in total. The van der Waals surface area contributed by atoms with E-state index in [1.807, 2.05) is 0 Å². The van der Waals surface area contributed by atoms with Gasteiger partial charge in [0.25, 0.3) is 0 Å². The van der Waals surface area contributed by atoms with E-state index < -0.39 is 0 Å². The van der Waals surface area contributed by atoms with Crippen molar-refractivity contribution in [3.63, 3.8) is 0 Å². The molecule has 0 aromatic carbocycles. The summed E-state index contributed by atoms with van der Waals surface area (Å²) in [6.45, 7) is 0.934. The van der Waals surface area contributed by atoms with Crippen molar-refractivity contribution in [2.45, 2.75) is 18.9 Å². The summed E-state index contributed by atoms with van der Waals surface area (Å²) in [4.78, 5) is 10.3. The van der Waals surface area contributed by atoms with E-state index in [2.05, 4.69) is 5.32 Å². The number of rotatable bonds is 1. The molecule has 1 rings (SSSR count). The van der Waals surface area contributed by atoms with Gasteiger partial charge in [0.15, 0.2) is 0 Å². The van der Waals surface area contributed by atoms with Crippen LogP contribution >= 0.6 is 24.0 Å². The number of carbonyl (C=O) groups excluding carboxylic acids is 1. The standard InChI is InChI=1S/C5H8ClNO.ClH/c6-5(8)4-2-1-3-7-4;/h4,7H,1-3H2;1H. The molecule has 0 bridgehead atoms. The third-order valence-electron chi connectivity index (χ3n) is 1.33. The Morgan fingerprint density at radius 2 is 2.33 bits per heavy atom. The summed E-state index contributed by atoms with van der Waals surface area (Å²) in [5.41, 5.74) is 0. The zero-order valence-electron chi connectivity index (χ0n) is 4.89. The van der Waals surface area contributed by atoms with Crippen LogP contribution in [0.2, 0.25) is 0 Å². The highest BCUT2D eigenvalue weighted by molar-refractivity contribution is 6.64. The van der Waals surface area contributed by atoms with Crippen molar-refractivity contribution < 1.29 is 4.79 Å². The van der Waals surface area contributed by atoms with E-state index in [0.29, 0.717) is 0 Å². The van der Waals surface area contributed by atoms with Crippen molar-refractivity contribution in [3.05, 3.63) is 0 Å². The van der Waals surface area contributed by atoms with Gasteiger partial charge in [-0.15, -0.1) is 12.4 Å². The summed E-state index contributed by atoms with van der Waals surface area (Å²) >= 11 is 5.18. The Balaban J connectivity index is 0.000000640. The van der Waals surface area contributed by atoms with Gasteiger partial charge in [-0.2, -0.15) is 0 Å². The van der Waals surface area contributed by atoms with Gasteiger partial charge in [-0.1, -0.05) is 0 Å². The smallest absolute Gasteiger partial charge is 0.238 e. The van der Waals surface area contributed by atoms with Gasteiger partial charge in [-0.3, -0.25) is 4.79 Å². The van der Waals surface area contributed by atoms with Crippen molar-refractivity contribution in [1.29, 1.82) is 0 Å². The van der Waals surface area contributed by atoms with Crippen LogP contribution in [-0.2, 0) is 4.79 Å². The quantitative estimate of drug-likeness (QED) is 0.593. The van der Waals surface area contributed by atoms with Crippen LogP contribution in [0.15, 0.2) is 0 Å². The van der Waals surface area contributed by atoms with Gasteiger partial charge < -0.3 is 5.32 Å². The van der Waals surface area contributed by atoms with E-state index >= 15 is 0 Å². The van der Waals surface area contributed by atoms with Crippen molar-refractivity contribution in [3.8, 4) is 0 Å². The second-order valence-electron chi connectivity index (χ2n) is 1.95. The zero-order chi connectivity index (χ0) is 5.98. The number of hydrogen-bond acceptors (Lipinski definition) is 2. The van der Waals surface area contributed by atoms with E-state index in [1.54, 1.807) is 0 Å². The molecule has 1 aliphatic rings. The molecule has 9 heavy (non-hydrogen) atoms. The average Bonchev–Trinajstić information content (AvgIpc) is 2.12. The summed E-state index contributed by atoms with van der Waals surface area (Å²) in [6, 6.07) is -0.0586. The third-order valence-corrected chi connectivity index (χ3v) is 1.60. The predicted molar refractivity (Wildman–Crippen MR) is 39.1 cm³/mol. The molecule has 0 spiro atoms. The fraction of sp³-hybridized carbons (Fsp3) is 0.800. The van der Waals surface area contributed by atoms with E-state index in [1.165, 1.54) is 0 Å². The Bertz CT molecular complexity index is 101. The van der Waals surface area contributed by atoms with E-state index in [-0.39, 0.29) is 23.7 Å². The van der Waals surface area contributed by atoms with Crippen LogP contribution in [0, 0.1) is 0 Å². The summed E-state index contributed by atoms with van der Waals surface area (Å²) in [5, 5.41) is 2.73. The first-order chi connectivity index (χ1) is 3.80. The van der Waals surface area contributed by atoms with Gasteiger partial charge >= 0.3 is 0 Å². The first-order valence-electron chi connectivity index (χ1n) is 2.73. The molecule has 1 atom stereocenters. The fourth-order valence-corrected chi connectivity index (χ4v) is 1.06. The van der Waals surface area contributed by atoms with Crippen LogP contribution in [-0.4, -0.2) is 17.8 Å². The second-order valence-corrected chi connectivity index (χ2v) is 2.33. The molecule has 4 heteroatoms. The first kappa shape index (κ1) is 9.21. The molecule has 1 aliphatic heterocycles. The highest BCUT2D eigenvalue weighted by Crippen LogP contribution is 2.06. The molecule has 1 saturated heterocycles. The van der Waals surface area contributed by atoms with E-state index in [4.69, 9.17) is 11.6 Å². The maximum Gasteiger partial charge on any atom is 0.238 e. The Labute approximate surface area is 65.4 Å². The summed E-state index contributed by atoms with van der Waals surface area (Å²) in [7, 11) is 0. The second kappa shape index (κ2) is 4.09. The van der Waals surface area contributed by atoms with Gasteiger partial charge in [0.1, 0.15) is 0 Å². The Kier molecular flexibility index (Phi) is 4.19. The molecule has 54 valence electrons. The van der Waals surface area contributed by atoms with Crippen LogP contribution in [0.1, 0.15) is 12.8 Å². The number of carbonyl (C=O) groups is 1. The lowest BCUT2D eigenvalue weighted by Gasteiger charge is -1.99. The molecule has 0 aromatic heterocycles. The Morgan fingerprint density at radius 3 is 2.56 bits per heavy atom. The predicted octanol–water partition coefficient (Wildman–Crippen LogP) is 0.926. The molecule has 1 fully saturated rings. The highest BCUT2D eigenvalue weighted by Gasteiger charge is 2.19. The van der Waals surface area contributed by atoms with Crippen LogP contribution in [0.5, 0.6) is 0 Å². The number of nitrogens with one attached hydrogen (secondary N) is 1. The molecular formula is C5H9Cl2NO. The summed E-state index contributed by atoms with van der Waals surface area (Å²) in [5.74, 6) is 0. The van der Waals surface area contributed by atoms with Crippen LogP contribution in [0.25, 0.3) is 0 Å². The van der Waals surface area contributed by atoms with Crippen LogP contribution in [0.4, 0.5) is 0 Å². The number of hydrogen-bond donors (Lipinski definition) is 1. The molecule has 0 radical (unpaired) electrons. The largest absolute Gasteiger partial charge is 0.306 e. The van der Waals surface area contributed by atoms with Gasteiger partial charge in [0.2, 0.25) is 5.24 Å². The van der Waals surface area contributed by atoms with Gasteiger partial charge in [0.05, 0.1) is 6.04 Å². The minimum absolute atomic E-state index is 0. The monoisotopic (exact) mass is 169 g/mol. The van der Waals surface area contributed by atoms with Gasteiger partial charge in [-0.05, 0) is 31.0 Å². The molecule has 0 aromatic rings. The maximum absolute atomic E-state index is 10.3. The van der Waals surface area contributed by atoms with Gasteiger partial charge in [0, 0.05) is 0 Å². The average molecular weight is 170 g/mol. The highest BCUT2D eigenvalue weighted by atomic mass is 35.5. The minimum Gasteiger partial charge on any atom is -0.306 e. The lowest BCUT2D eigenvalue weighted by molar-refractivity contribution is -0.113. The molecule has 0 aliphatic carbocycles. The Hall–Kier alpha value is 0.210. The lowest BCUT2D eigenvalue weighted by Crippen LogP contribution is -2.26. The van der Waals surface area contributed by atoms with Crippen molar-refractivity contribution in [2.75, 3.05) is 6.54 Å². The van der Waals surface area contributed by atoms with Crippen LogP contribution in [0.3, 0.4) is 0 Å². The minimum atomic E-state index is -0.248. The maximum atomic E-state index is 10.3. The zero-order valence-corrected chi connectivity index (χ0v) is 6.47. The van der Waals surface area contributed by atoms with Crippen LogP contribution < -0.4 is 5.32 Å². The normalized spacial score (nSPS) is 25.2. The van der Waals surface area contributed by atoms with Crippen molar-refractivity contribution in [1.82, 2.24) is 5.32 Å². The molecule has 1 heterocycles. The fourth-order valence-electron chi connectivity index (χ4n) is 0.878. The first-order valence-corrected chi connectivity index (χ1v) is 3.11. The van der Waals surface area contributed by atoms with E-state index in [9.17, 15) is 4.79 Å².